The molecule has 1 aliphatic heterocycles. The molecule has 5 heteroatoms. The van der Waals surface area contributed by atoms with E-state index < -0.39 is 18.2 Å². The average Bonchev–Trinajstić information content (AvgIpc) is 3.06. The number of hydrogen-bond donors (Lipinski definition) is 3. The number of carboxylic acid groups (broad SMARTS) is 1. The van der Waals surface area contributed by atoms with E-state index in [1.54, 1.807) is 6.08 Å². The van der Waals surface area contributed by atoms with Crippen LogP contribution < -0.4 is 0 Å². The van der Waals surface area contributed by atoms with E-state index in [1.165, 1.54) is 0 Å². The lowest BCUT2D eigenvalue weighted by Crippen LogP contribution is -2.17. The van der Waals surface area contributed by atoms with Crippen molar-refractivity contribution in [3.05, 3.63) is 36.1 Å². The summed E-state index contributed by atoms with van der Waals surface area (Å²) >= 11 is 0. The van der Waals surface area contributed by atoms with Gasteiger partial charge >= 0.3 is 5.97 Å². The van der Waals surface area contributed by atoms with Crippen molar-refractivity contribution in [1.29, 1.82) is 0 Å². The second kappa shape index (κ2) is 9.78. The van der Waals surface area contributed by atoms with Crippen molar-refractivity contribution in [2.75, 3.05) is 0 Å². The fourth-order valence-electron chi connectivity index (χ4n) is 3.64. The van der Waals surface area contributed by atoms with Crippen molar-refractivity contribution in [3.63, 3.8) is 0 Å². The molecule has 1 heterocycles. The molecular formula is C20H30O5. The summed E-state index contributed by atoms with van der Waals surface area (Å²) in [4.78, 5) is 10.5. The van der Waals surface area contributed by atoms with Gasteiger partial charge in [-0.05, 0) is 31.8 Å². The Hall–Kier alpha value is -1.59. The lowest BCUT2D eigenvalue weighted by Gasteiger charge is -2.15. The highest BCUT2D eigenvalue weighted by Crippen LogP contribution is 2.45. The summed E-state index contributed by atoms with van der Waals surface area (Å²) in [6, 6.07) is 0. The number of aliphatic hydroxyl groups is 2. The molecule has 1 saturated carbocycles. The molecule has 140 valence electrons. The molecule has 0 bridgehead atoms. The fraction of sp³-hybridized carbons (Fsp3) is 0.650. The molecule has 0 aromatic carbocycles. The second-order valence-electron chi connectivity index (χ2n) is 6.93. The first-order chi connectivity index (χ1) is 12.0. The maximum Gasteiger partial charge on any atom is 0.303 e. The van der Waals surface area contributed by atoms with Crippen molar-refractivity contribution in [2.45, 2.75) is 70.2 Å². The first-order valence-corrected chi connectivity index (χ1v) is 9.28. The van der Waals surface area contributed by atoms with Gasteiger partial charge in [0.05, 0.1) is 18.0 Å². The van der Waals surface area contributed by atoms with Gasteiger partial charge in [0.25, 0.3) is 0 Å². The SMILES string of the molecule is CCC=CCC(O)C=CC1C(O)CC2OC(=CCCCC(=O)O)CC21. The van der Waals surface area contributed by atoms with Gasteiger partial charge < -0.3 is 20.1 Å². The number of carboxylic acids is 1. The average molecular weight is 350 g/mol. The van der Waals surface area contributed by atoms with Crippen LogP contribution in [0, 0.1) is 11.8 Å². The minimum absolute atomic E-state index is 0.000255. The smallest absolute Gasteiger partial charge is 0.303 e. The number of carbonyl (C=O) groups is 1. The minimum atomic E-state index is -0.775. The summed E-state index contributed by atoms with van der Waals surface area (Å²) in [6.07, 6.45) is 13.2. The predicted molar refractivity (Wildman–Crippen MR) is 95.9 cm³/mol. The molecule has 3 N–H and O–H groups in total. The van der Waals surface area contributed by atoms with Crippen LogP contribution in [-0.4, -0.2) is 39.6 Å². The number of rotatable bonds is 9. The Labute approximate surface area is 149 Å². The highest BCUT2D eigenvalue weighted by atomic mass is 16.5. The summed E-state index contributed by atoms with van der Waals surface area (Å²) < 4.78 is 5.93. The topological polar surface area (TPSA) is 87.0 Å². The largest absolute Gasteiger partial charge is 0.495 e. The van der Waals surface area contributed by atoms with E-state index in [2.05, 4.69) is 6.92 Å². The summed E-state index contributed by atoms with van der Waals surface area (Å²) in [5, 5.41) is 28.9. The number of hydrogen-bond acceptors (Lipinski definition) is 4. The normalized spacial score (nSPS) is 31.7. The zero-order chi connectivity index (χ0) is 18.2. The van der Waals surface area contributed by atoms with Crippen molar-refractivity contribution >= 4 is 5.97 Å². The highest BCUT2D eigenvalue weighted by molar-refractivity contribution is 5.66. The van der Waals surface area contributed by atoms with Gasteiger partial charge in [-0.15, -0.1) is 0 Å². The molecule has 1 aliphatic carbocycles. The monoisotopic (exact) mass is 350 g/mol. The molecule has 2 fully saturated rings. The molecule has 2 aliphatic rings. The summed E-state index contributed by atoms with van der Waals surface area (Å²) in [7, 11) is 0. The maximum atomic E-state index is 10.5. The van der Waals surface area contributed by atoms with Gasteiger partial charge in [-0.1, -0.05) is 31.2 Å². The Kier molecular flexibility index (Phi) is 7.72. The zero-order valence-electron chi connectivity index (χ0n) is 14.9. The maximum absolute atomic E-state index is 10.5. The van der Waals surface area contributed by atoms with Gasteiger partial charge in [-0.3, -0.25) is 4.79 Å². The molecule has 1 saturated heterocycles. The van der Waals surface area contributed by atoms with Crippen LogP contribution in [-0.2, 0) is 9.53 Å². The molecule has 5 unspecified atom stereocenters. The third-order valence-electron chi connectivity index (χ3n) is 4.93. The number of aliphatic hydroxyl groups excluding tert-OH is 2. The van der Waals surface area contributed by atoms with Crippen LogP contribution in [0.1, 0.15) is 51.9 Å². The van der Waals surface area contributed by atoms with E-state index in [1.807, 2.05) is 24.3 Å². The van der Waals surface area contributed by atoms with Gasteiger partial charge in [0.1, 0.15) is 6.10 Å². The molecule has 2 rings (SSSR count). The van der Waals surface area contributed by atoms with Crippen LogP contribution in [0.5, 0.6) is 0 Å². The standard InChI is InChI=1S/C20H30O5/c1-2-3-4-7-14(21)10-11-16-17-12-15(8-5-6-9-20(23)24)25-19(17)13-18(16)22/h3-4,8,10-11,14,16-19,21-22H,2,5-7,9,12-13H2,1H3,(H,23,24). The van der Waals surface area contributed by atoms with E-state index in [-0.39, 0.29) is 24.4 Å². The molecule has 0 spiro atoms. The number of unbranched alkanes of at least 4 members (excludes halogenated alkanes) is 1. The highest BCUT2D eigenvalue weighted by Gasteiger charge is 2.46. The molecule has 0 radical (unpaired) electrons. The Morgan fingerprint density at radius 3 is 2.92 bits per heavy atom. The van der Waals surface area contributed by atoms with Crippen LogP contribution in [0.3, 0.4) is 0 Å². The van der Waals surface area contributed by atoms with Crippen molar-refractivity contribution < 1.29 is 24.9 Å². The Morgan fingerprint density at radius 1 is 1.40 bits per heavy atom. The minimum Gasteiger partial charge on any atom is -0.495 e. The third kappa shape index (κ3) is 6.01. The van der Waals surface area contributed by atoms with E-state index in [4.69, 9.17) is 9.84 Å². The molecule has 0 aromatic rings. The molecule has 5 nitrogen and oxygen atoms in total. The number of fused-ring (bicyclic) bond motifs is 1. The molecule has 0 amide bonds. The van der Waals surface area contributed by atoms with Crippen molar-refractivity contribution in [2.24, 2.45) is 11.8 Å². The van der Waals surface area contributed by atoms with Gasteiger partial charge in [-0.2, -0.15) is 0 Å². The van der Waals surface area contributed by atoms with Crippen LogP contribution in [0.4, 0.5) is 0 Å². The number of aliphatic carboxylic acids is 1. The molecule has 0 aromatic heterocycles. The van der Waals surface area contributed by atoms with Crippen LogP contribution in [0.2, 0.25) is 0 Å². The van der Waals surface area contributed by atoms with Crippen molar-refractivity contribution in [1.82, 2.24) is 0 Å². The van der Waals surface area contributed by atoms with E-state index in [9.17, 15) is 15.0 Å². The Morgan fingerprint density at radius 2 is 2.20 bits per heavy atom. The van der Waals surface area contributed by atoms with Crippen LogP contribution in [0.25, 0.3) is 0 Å². The van der Waals surface area contributed by atoms with E-state index in [0.29, 0.717) is 25.7 Å². The van der Waals surface area contributed by atoms with Gasteiger partial charge in [-0.25, -0.2) is 0 Å². The first kappa shape index (κ1) is 19.7. The van der Waals surface area contributed by atoms with Crippen molar-refractivity contribution in [3.8, 4) is 0 Å². The Bertz CT molecular complexity index is 522. The molecular weight excluding hydrogens is 320 g/mol. The van der Waals surface area contributed by atoms with E-state index in [0.717, 1.165) is 18.6 Å². The quantitative estimate of drug-likeness (QED) is 0.439. The molecule has 25 heavy (non-hydrogen) atoms. The fourth-order valence-corrected chi connectivity index (χ4v) is 3.64. The first-order valence-electron chi connectivity index (χ1n) is 9.28. The lowest BCUT2D eigenvalue weighted by atomic mass is 9.90. The number of ether oxygens (including phenoxy) is 1. The van der Waals surface area contributed by atoms with Crippen LogP contribution in [0.15, 0.2) is 36.1 Å². The zero-order valence-corrected chi connectivity index (χ0v) is 14.9. The van der Waals surface area contributed by atoms with Gasteiger partial charge in [0.15, 0.2) is 0 Å². The predicted octanol–water partition coefficient (Wildman–Crippen LogP) is 3.18. The summed E-state index contributed by atoms with van der Waals surface area (Å²) in [6.45, 7) is 2.06. The van der Waals surface area contributed by atoms with E-state index >= 15 is 0 Å². The summed E-state index contributed by atoms with van der Waals surface area (Å²) in [5.74, 6) is 0.371. The molecule has 5 atom stereocenters. The Balaban J connectivity index is 1.86. The summed E-state index contributed by atoms with van der Waals surface area (Å²) in [5.41, 5.74) is 0. The lowest BCUT2D eigenvalue weighted by molar-refractivity contribution is -0.137. The van der Waals surface area contributed by atoms with Gasteiger partial charge in [0.2, 0.25) is 0 Å². The third-order valence-corrected chi connectivity index (χ3v) is 4.93. The number of allylic oxidation sites excluding steroid dienone is 3. The van der Waals surface area contributed by atoms with Crippen LogP contribution >= 0.6 is 0 Å². The second-order valence-corrected chi connectivity index (χ2v) is 6.93. The van der Waals surface area contributed by atoms with Gasteiger partial charge in [0, 0.05) is 31.1 Å².